The molecule has 29 heavy (non-hydrogen) atoms. The minimum absolute atomic E-state index is 0.213. The Balaban J connectivity index is 1.92. The fourth-order valence-corrected chi connectivity index (χ4v) is 4.48. The van der Waals surface area contributed by atoms with Gasteiger partial charge in [-0.1, -0.05) is 89.7 Å². The molecule has 4 aromatic rings. The highest BCUT2D eigenvalue weighted by Gasteiger charge is 2.16. The first-order chi connectivity index (χ1) is 14.0. The van der Waals surface area contributed by atoms with Crippen molar-refractivity contribution in [3.05, 3.63) is 100 Å². The van der Waals surface area contributed by atoms with Crippen molar-refractivity contribution in [2.75, 3.05) is 0 Å². The zero-order chi connectivity index (χ0) is 20.4. The number of thiazole rings is 1. The van der Waals surface area contributed by atoms with Gasteiger partial charge >= 0.3 is 0 Å². The number of carbonyl (C=O) groups excluding carboxylic acids is 1. The van der Waals surface area contributed by atoms with Crippen LogP contribution in [0.3, 0.4) is 0 Å². The Bertz CT molecular complexity index is 1230. The third-order valence-corrected chi connectivity index (χ3v) is 6.15. The van der Waals surface area contributed by atoms with E-state index in [0.29, 0.717) is 10.4 Å². The summed E-state index contributed by atoms with van der Waals surface area (Å²) in [6.45, 7) is 4.02. The molecule has 0 N–H and O–H groups in total. The molecule has 0 aliphatic carbocycles. The van der Waals surface area contributed by atoms with Crippen molar-refractivity contribution < 1.29 is 4.79 Å². The topological polar surface area (TPSA) is 34.4 Å². The van der Waals surface area contributed by atoms with Crippen LogP contribution in [0.2, 0.25) is 0 Å². The molecule has 0 radical (unpaired) electrons. The molecule has 1 amide bonds. The van der Waals surface area contributed by atoms with Crippen molar-refractivity contribution in [3.8, 4) is 21.7 Å². The SMILES string of the molecule is Cc1ccc(-c2c(-c3ccccc3)sc(=NC(=O)c3ccccc3C)n2C)cc1. The van der Waals surface area contributed by atoms with Gasteiger partial charge in [0.15, 0.2) is 4.80 Å². The molecule has 0 atom stereocenters. The second-order valence-electron chi connectivity index (χ2n) is 7.09. The molecule has 0 aliphatic rings. The first-order valence-corrected chi connectivity index (χ1v) is 10.3. The Hall–Kier alpha value is -3.24. The average molecular weight is 399 g/mol. The van der Waals surface area contributed by atoms with Gasteiger partial charge in [-0.15, -0.1) is 0 Å². The summed E-state index contributed by atoms with van der Waals surface area (Å²) in [7, 11) is 1.97. The number of benzene rings is 3. The van der Waals surface area contributed by atoms with Crippen molar-refractivity contribution >= 4 is 17.2 Å². The van der Waals surface area contributed by atoms with E-state index < -0.39 is 0 Å². The number of amides is 1. The van der Waals surface area contributed by atoms with Gasteiger partial charge in [0.2, 0.25) is 0 Å². The van der Waals surface area contributed by atoms with Gasteiger partial charge in [0.25, 0.3) is 5.91 Å². The van der Waals surface area contributed by atoms with Crippen LogP contribution in [0.1, 0.15) is 21.5 Å². The van der Waals surface area contributed by atoms with Crippen LogP contribution in [0.15, 0.2) is 83.9 Å². The molecule has 4 rings (SSSR count). The van der Waals surface area contributed by atoms with Gasteiger partial charge < -0.3 is 4.57 Å². The lowest BCUT2D eigenvalue weighted by Gasteiger charge is -2.08. The normalized spacial score (nSPS) is 11.6. The predicted octanol–water partition coefficient (Wildman–Crippen LogP) is 5.78. The number of nitrogens with zero attached hydrogens (tertiary/aromatic N) is 2. The van der Waals surface area contributed by atoms with Crippen molar-refractivity contribution in [2.24, 2.45) is 12.0 Å². The summed E-state index contributed by atoms with van der Waals surface area (Å²) >= 11 is 1.54. The molecule has 0 bridgehead atoms. The Morgan fingerprint density at radius 1 is 0.828 bits per heavy atom. The van der Waals surface area contributed by atoms with Gasteiger partial charge in [0.1, 0.15) is 0 Å². The van der Waals surface area contributed by atoms with Gasteiger partial charge in [-0.05, 0) is 36.6 Å². The third-order valence-electron chi connectivity index (χ3n) is 4.96. The minimum atomic E-state index is -0.213. The van der Waals surface area contributed by atoms with E-state index in [-0.39, 0.29) is 5.91 Å². The molecule has 3 nitrogen and oxygen atoms in total. The zero-order valence-electron chi connectivity index (χ0n) is 16.7. The summed E-state index contributed by atoms with van der Waals surface area (Å²) < 4.78 is 2.02. The van der Waals surface area contributed by atoms with E-state index >= 15 is 0 Å². The largest absolute Gasteiger partial charge is 0.319 e. The van der Waals surface area contributed by atoms with E-state index in [9.17, 15) is 4.79 Å². The number of carbonyl (C=O) groups is 1. The standard InChI is InChI=1S/C25H22N2OS/c1-17-13-15-19(16-14-17)22-23(20-10-5-4-6-11-20)29-25(27(22)3)26-24(28)21-12-8-7-9-18(21)2/h4-16H,1-3H3. The first-order valence-electron chi connectivity index (χ1n) is 9.51. The molecule has 0 saturated heterocycles. The Labute approximate surface area is 174 Å². The van der Waals surface area contributed by atoms with Crippen LogP contribution in [-0.2, 0) is 7.05 Å². The third kappa shape index (κ3) is 3.84. The van der Waals surface area contributed by atoms with Crippen LogP contribution in [-0.4, -0.2) is 10.5 Å². The molecule has 0 spiro atoms. The molecule has 144 valence electrons. The molecule has 1 heterocycles. The smallest absolute Gasteiger partial charge is 0.279 e. The Morgan fingerprint density at radius 3 is 2.17 bits per heavy atom. The molecule has 4 heteroatoms. The average Bonchev–Trinajstić information content (AvgIpc) is 3.06. The van der Waals surface area contributed by atoms with Crippen LogP contribution in [0.4, 0.5) is 0 Å². The highest BCUT2D eigenvalue weighted by atomic mass is 32.1. The molecule has 1 aromatic heterocycles. The summed E-state index contributed by atoms with van der Waals surface area (Å²) in [4.78, 5) is 19.1. The van der Waals surface area contributed by atoms with E-state index in [4.69, 9.17) is 0 Å². The Kier molecular flexibility index (Phi) is 5.28. The molecular weight excluding hydrogens is 376 g/mol. The van der Waals surface area contributed by atoms with Gasteiger partial charge in [0, 0.05) is 12.6 Å². The summed E-state index contributed by atoms with van der Waals surface area (Å²) in [6, 6.07) is 26.3. The summed E-state index contributed by atoms with van der Waals surface area (Å²) in [5.74, 6) is -0.213. The quantitative estimate of drug-likeness (QED) is 0.431. The predicted molar refractivity (Wildman–Crippen MR) is 120 cm³/mol. The fraction of sp³-hybridized carbons (Fsp3) is 0.120. The van der Waals surface area contributed by atoms with Crippen LogP contribution < -0.4 is 4.80 Å². The van der Waals surface area contributed by atoms with Gasteiger partial charge in [-0.2, -0.15) is 4.99 Å². The number of aromatic nitrogens is 1. The van der Waals surface area contributed by atoms with E-state index in [0.717, 1.165) is 27.3 Å². The molecule has 0 aliphatic heterocycles. The van der Waals surface area contributed by atoms with Crippen LogP contribution in [0, 0.1) is 13.8 Å². The lowest BCUT2D eigenvalue weighted by atomic mass is 10.1. The lowest BCUT2D eigenvalue weighted by Crippen LogP contribution is -2.14. The minimum Gasteiger partial charge on any atom is -0.319 e. The van der Waals surface area contributed by atoms with E-state index in [1.807, 2.05) is 61.0 Å². The van der Waals surface area contributed by atoms with Gasteiger partial charge in [-0.3, -0.25) is 4.79 Å². The van der Waals surface area contributed by atoms with Crippen LogP contribution in [0.25, 0.3) is 21.7 Å². The monoisotopic (exact) mass is 398 g/mol. The number of aryl methyl sites for hydroxylation is 2. The fourth-order valence-electron chi connectivity index (χ4n) is 3.34. The highest BCUT2D eigenvalue weighted by molar-refractivity contribution is 7.13. The molecule has 0 unspecified atom stereocenters. The Morgan fingerprint density at radius 2 is 1.48 bits per heavy atom. The number of rotatable bonds is 3. The second-order valence-corrected chi connectivity index (χ2v) is 8.06. The maximum atomic E-state index is 12.9. The zero-order valence-corrected chi connectivity index (χ0v) is 17.5. The first kappa shape index (κ1) is 19.1. The maximum absolute atomic E-state index is 12.9. The van der Waals surface area contributed by atoms with E-state index in [2.05, 4.69) is 48.3 Å². The van der Waals surface area contributed by atoms with E-state index in [1.54, 1.807) is 11.3 Å². The van der Waals surface area contributed by atoms with Crippen molar-refractivity contribution in [2.45, 2.75) is 13.8 Å². The maximum Gasteiger partial charge on any atom is 0.279 e. The molecule has 0 saturated carbocycles. The number of hydrogen-bond donors (Lipinski definition) is 0. The number of hydrogen-bond acceptors (Lipinski definition) is 2. The van der Waals surface area contributed by atoms with Crippen LogP contribution >= 0.6 is 11.3 Å². The molecule has 3 aromatic carbocycles. The molecule has 0 fully saturated rings. The van der Waals surface area contributed by atoms with Crippen LogP contribution in [0.5, 0.6) is 0 Å². The van der Waals surface area contributed by atoms with Crippen molar-refractivity contribution in [1.82, 2.24) is 4.57 Å². The second kappa shape index (κ2) is 8.02. The van der Waals surface area contributed by atoms with E-state index in [1.165, 1.54) is 5.56 Å². The van der Waals surface area contributed by atoms with Crippen molar-refractivity contribution in [1.29, 1.82) is 0 Å². The summed E-state index contributed by atoms with van der Waals surface area (Å²) in [6.07, 6.45) is 0. The lowest BCUT2D eigenvalue weighted by molar-refractivity contribution is 0.0997. The molecular formula is C25H22N2OS. The highest BCUT2D eigenvalue weighted by Crippen LogP contribution is 2.34. The van der Waals surface area contributed by atoms with Crippen molar-refractivity contribution in [3.63, 3.8) is 0 Å². The summed E-state index contributed by atoms with van der Waals surface area (Å²) in [5.41, 5.74) is 6.08. The van der Waals surface area contributed by atoms with Gasteiger partial charge in [0.05, 0.1) is 10.6 Å². The van der Waals surface area contributed by atoms with Gasteiger partial charge in [-0.25, -0.2) is 0 Å². The summed E-state index contributed by atoms with van der Waals surface area (Å²) in [5, 5.41) is 0.